The number of rotatable bonds is 4. The summed E-state index contributed by atoms with van der Waals surface area (Å²) < 4.78 is 2.16. The monoisotopic (exact) mass is 606 g/mol. The topological polar surface area (TPSA) is 0 Å². The normalized spacial score (nSPS) is 15.6. The van der Waals surface area contributed by atoms with Crippen LogP contribution in [0, 0.1) is 0 Å². The predicted molar refractivity (Wildman–Crippen MR) is 160 cm³/mol. The van der Waals surface area contributed by atoms with E-state index in [0.717, 1.165) is 24.0 Å². The molecule has 1 unspecified atom stereocenters. The first-order chi connectivity index (χ1) is 18.6. The van der Waals surface area contributed by atoms with Gasteiger partial charge in [0.1, 0.15) is 0 Å². The summed E-state index contributed by atoms with van der Waals surface area (Å²) in [4.78, 5) is 0. The van der Waals surface area contributed by atoms with Crippen LogP contribution in [0.1, 0.15) is 37.0 Å². The van der Waals surface area contributed by atoms with Crippen LogP contribution in [0.25, 0.3) is 17.2 Å². The summed E-state index contributed by atoms with van der Waals surface area (Å²) in [6, 6.07) is 45.1. The molecule has 5 aromatic rings. The van der Waals surface area contributed by atoms with Gasteiger partial charge in [0, 0.05) is 0 Å². The minimum absolute atomic E-state index is 0.0957. The molecule has 0 fully saturated rings. The maximum atomic E-state index is 8.50. The van der Waals surface area contributed by atoms with Gasteiger partial charge < -0.3 is 0 Å². The molecule has 2 aliphatic rings. The van der Waals surface area contributed by atoms with E-state index in [4.69, 9.17) is 17.0 Å². The van der Waals surface area contributed by atoms with Crippen molar-refractivity contribution < 1.29 is 15.9 Å². The van der Waals surface area contributed by atoms with Crippen molar-refractivity contribution in [1.82, 2.24) is 0 Å². The van der Waals surface area contributed by atoms with E-state index in [9.17, 15) is 0 Å². The zero-order valence-corrected chi connectivity index (χ0v) is 24.8. The minimum atomic E-state index is -5.30. The van der Waals surface area contributed by atoms with Crippen molar-refractivity contribution in [2.24, 2.45) is 0 Å². The first kappa shape index (κ1) is 24.2. The van der Waals surface area contributed by atoms with Crippen molar-refractivity contribution in [1.29, 1.82) is 0 Å². The Morgan fingerprint density at radius 3 is 1.95 bits per heavy atom. The van der Waals surface area contributed by atoms with Gasteiger partial charge in [-0.3, -0.25) is 0 Å². The molecule has 0 N–H and O–H groups in total. The molecule has 0 nitrogen and oxygen atoms in total. The number of benzene rings is 5. The molecule has 38 heavy (non-hydrogen) atoms. The third-order valence-electron chi connectivity index (χ3n) is 8.27. The van der Waals surface area contributed by atoms with E-state index in [2.05, 4.69) is 140 Å². The standard InChI is InChI=1S/C13H9.C13H10.C9H7.2ClH.Zr/c1-3-7-12-10(5-1)9-11-6-2-4-8-13(11)12;1-3-7-12(8-4-1)11-13-9-5-2-6-10-13;1-2-5-9-7-3-6-8(9)4-1;;;/h1-5,7-8H,9H2;1-10H;1-7H;2*1H;/q;;;;;+2/p-2. The van der Waals surface area contributed by atoms with Gasteiger partial charge in [0.2, 0.25) is 0 Å². The molecule has 2 aliphatic carbocycles. The van der Waals surface area contributed by atoms with Crippen molar-refractivity contribution in [3.63, 3.8) is 0 Å². The van der Waals surface area contributed by atoms with Gasteiger partial charge in [0.25, 0.3) is 0 Å². The molecule has 0 heterocycles. The average Bonchev–Trinajstić information content (AvgIpc) is 3.57. The molecule has 3 heteroatoms. The summed E-state index contributed by atoms with van der Waals surface area (Å²) in [5.74, 6) is 0. The van der Waals surface area contributed by atoms with Crippen molar-refractivity contribution in [2.45, 2.75) is 10.0 Å². The molecular formula is C35H26Cl2Zr. The van der Waals surface area contributed by atoms with Gasteiger partial charge in [-0.15, -0.1) is 0 Å². The van der Waals surface area contributed by atoms with Crippen molar-refractivity contribution in [2.75, 3.05) is 0 Å². The summed E-state index contributed by atoms with van der Waals surface area (Å²) in [6.07, 6.45) is 5.34. The second-order valence-electron chi connectivity index (χ2n) is 10.3. The fourth-order valence-electron chi connectivity index (χ4n) is 6.64. The zero-order valence-electron chi connectivity index (χ0n) is 20.8. The van der Waals surface area contributed by atoms with Crippen LogP contribution >= 0.6 is 17.0 Å². The van der Waals surface area contributed by atoms with E-state index in [-0.39, 0.29) is 3.63 Å². The summed E-state index contributed by atoms with van der Waals surface area (Å²) in [5.41, 5.74) is 9.79. The van der Waals surface area contributed by atoms with Crippen LogP contribution in [-0.2, 0) is 22.3 Å². The fourth-order valence-corrected chi connectivity index (χ4v) is 25.2. The summed E-state index contributed by atoms with van der Waals surface area (Å²) >= 11 is -5.30. The first-order valence-corrected chi connectivity index (χ1v) is 23.3. The molecule has 5 aromatic carbocycles. The quantitative estimate of drug-likeness (QED) is 0.188. The molecule has 0 spiro atoms. The van der Waals surface area contributed by atoms with Gasteiger partial charge >= 0.3 is 234 Å². The molecule has 0 amide bonds. The van der Waals surface area contributed by atoms with Crippen LogP contribution in [-0.4, -0.2) is 3.21 Å². The van der Waals surface area contributed by atoms with Crippen LogP contribution < -0.4 is 3.27 Å². The van der Waals surface area contributed by atoms with Gasteiger partial charge in [-0.25, -0.2) is 0 Å². The number of hydrogen-bond donors (Lipinski definition) is 0. The van der Waals surface area contributed by atoms with Crippen LogP contribution in [0.4, 0.5) is 0 Å². The third kappa shape index (κ3) is 3.56. The Morgan fingerprint density at radius 2 is 1.21 bits per heavy atom. The van der Waals surface area contributed by atoms with Crippen molar-refractivity contribution >= 4 is 29.6 Å². The predicted octanol–water partition coefficient (Wildman–Crippen LogP) is 8.92. The van der Waals surface area contributed by atoms with Crippen LogP contribution in [0.3, 0.4) is 0 Å². The molecule has 0 saturated carbocycles. The van der Waals surface area contributed by atoms with E-state index in [1.54, 1.807) is 0 Å². The maximum absolute atomic E-state index is 8.50. The Hall–Kier alpha value is -2.83. The molecule has 184 valence electrons. The van der Waals surface area contributed by atoms with E-state index >= 15 is 0 Å². The summed E-state index contributed by atoms with van der Waals surface area (Å²) in [7, 11) is 17.0. The Kier molecular flexibility index (Phi) is 5.82. The van der Waals surface area contributed by atoms with Gasteiger partial charge in [-0.05, 0) is 0 Å². The summed E-state index contributed by atoms with van der Waals surface area (Å²) in [5, 5.41) is 0. The molecule has 0 aromatic heterocycles. The van der Waals surface area contributed by atoms with E-state index < -0.39 is 15.9 Å². The Balaban J connectivity index is 1.67. The molecule has 1 atom stereocenters. The van der Waals surface area contributed by atoms with Crippen molar-refractivity contribution in [3.05, 3.63) is 167 Å². The molecule has 0 aliphatic heterocycles. The van der Waals surface area contributed by atoms with Gasteiger partial charge in [-0.2, -0.15) is 0 Å². The number of allylic oxidation sites excluding steroid dienone is 1. The second-order valence-corrected chi connectivity index (χ2v) is 30.2. The SMILES string of the molecule is [Cl][Zr]([Cl])(=[C](c1ccccc1)c1ccccc1)([c]1cccc2c1Cc1ccccc1-2)[CH]1C=Cc2ccccc21. The second kappa shape index (κ2) is 9.13. The van der Waals surface area contributed by atoms with Crippen LogP contribution in [0.5, 0.6) is 0 Å². The van der Waals surface area contributed by atoms with E-state index in [1.807, 2.05) is 0 Å². The third-order valence-corrected chi connectivity index (χ3v) is 26.9. The number of hydrogen-bond acceptors (Lipinski definition) is 0. The molecular weight excluding hydrogens is 583 g/mol. The van der Waals surface area contributed by atoms with Gasteiger partial charge in [0.05, 0.1) is 0 Å². The van der Waals surface area contributed by atoms with Crippen LogP contribution in [0.2, 0.25) is 0 Å². The molecule has 0 saturated heterocycles. The Labute approximate surface area is 231 Å². The first-order valence-electron chi connectivity index (χ1n) is 13.1. The van der Waals surface area contributed by atoms with Crippen LogP contribution in [0.15, 0.2) is 133 Å². The van der Waals surface area contributed by atoms with E-state index in [0.29, 0.717) is 0 Å². The fraction of sp³-hybridized carbons (Fsp3) is 0.0571. The molecule has 7 rings (SSSR count). The van der Waals surface area contributed by atoms with Gasteiger partial charge in [-0.1, -0.05) is 0 Å². The summed E-state index contributed by atoms with van der Waals surface area (Å²) in [6.45, 7) is 0. The van der Waals surface area contributed by atoms with E-state index in [1.165, 1.54) is 33.4 Å². The average molecular weight is 609 g/mol. The van der Waals surface area contributed by atoms with Gasteiger partial charge in [0.15, 0.2) is 0 Å². The molecule has 0 radical (unpaired) electrons. The Morgan fingerprint density at radius 1 is 0.605 bits per heavy atom. The molecule has 0 bridgehead atoms. The Bertz CT molecular complexity index is 1750. The van der Waals surface area contributed by atoms with Crippen molar-refractivity contribution in [3.8, 4) is 11.1 Å². The number of halogens is 2. The zero-order chi connectivity index (χ0) is 25.8. The number of fused-ring (bicyclic) bond motifs is 4.